The summed E-state index contributed by atoms with van der Waals surface area (Å²) in [6, 6.07) is -0.720. The molecule has 0 aromatic carbocycles. The molecule has 2 amide bonds. The largest absolute Gasteiger partial charge is 0.481 e. The molecule has 0 radical (unpaired) electrons. The molecule has 68 valence electrons. The Kier molecular flexibility index (Phi) is 2.18. The Balaban J connectivity index is 2.45. The number of hydrogen-bond acceptors (Lipinski definition) is 3. The molecule has 0 aliphatic carbocycles. The Morgan fingerprint density at radius 3 is 2.42 bits per heavy atom. The first kappa shape index (κ1) is 8.79. The molecule has 0 unspecified atom stereocenters. The SMILES string of the molecule is NC(=O)NCC1(C(=O)O)COC1. The normalized spacial score (nSPS) is 19.3. The number of carbonyl (C=O) groups is 2. The number of hydrogen-bond donors (Lipinski definition) is 3. The second-order valence-corrected chi connectivity index (χ2v) is 2.80. The maximum absolute atomic E-state index is 10.6. The molecule has 0 spiro atoms. The Morgan fingerprint density at radius 2 is 2.17 bits per heavy atom. The number of urea groups is 1. The highest BCUT2D eigenvalue weighted by molar-refractivity contribution is 5.78. The topological polar surface area (TPSA) is 102 Å². The lowest BCUT2D eigenvalue weighted by molar-refractivity contribution is -0.178. The van der Waals surface area contributed by atoms with Gasteiger partial charge in [0.2, 0.25) is 0 Å². The van der Waals surface area contributed by atoms with Crippen molar-refractivity contribution in [3.63, 3.8) is 0 Å². The zero-order chi connectivity index (χ0) is 9.19. The summed E-state index contributed by atoms with van der Waals surface area (Å²) in [7, 11) is 0. The zero-order valence-corrected chi connectivity index (χ0v) is 6.37. The number of carboxylic acids is 1. The average molecular weight is 174 g/mol. The van der Waals surface area contributed by atoms with E-state index in [9.17, 15) is 9.59 Å². The highest BCUT2D eigenvalue weighted by Crippen LogP contribution is 2.26. The van der Waals surface area contributed by atoms with E-state index < -0.39 is 17.4 Å². The highest BCUT2D eigenvalue weighted by atomic mass is 16.5. The van der Waals surface area contributed by atoms with Gasteiger partial charge in [-0.15, -0.1) is 0 Å². The lowest BCUT2D eigenvalue weighted by atomic mass is 9.86. The molecule has 1 heterocycles. The van der Waals surface area contributed by atoms with Crippen molar-refractivity contribution in [3.05, 3.63) is 0 Å². The van der Waals surface area contributed by atoms with Crippen molar-refractivity contribution in [3.8, 4) is 0 Å². The fourth-order valence-corrected chi connectivity index (χ4v) is 0.906. The summed E-state index contributed by atoms with van der Waals surface area (Å²) < 4.78 is 4.76. The maximum atomic E-state index is 10.6. The van der Waals surface area contributed by atoms with E-state index in [-0.39, 0.29) is 19.8 Å². The number of nitrogens with one attached hydrogen (secondary N) is 1. The quantitative estimate of drug-likeness (QED) is 0.497. The van der Waals surface area contributed by atoms with E-state index in [1.54, 1.807) is 0 Å². The van der Waals surface area contributed by atoms with E-state index in [1.807, 2.05) is 0 Å². The summed E-state index contributed by atoms with van der Waals surface area (Å²) in [6.07, 6.45) is 0. The van der Waals surface area contributed by atoms with Gasteiger partial charge in [-0.05, 0) is 0 Å². The van der Waals surface area contributed by atoms with Crippen molar-refractivity contribution < 1.29 is 19.4 Å². The third kappa shape index (κ3) is 1.48. The molecule has 1 rings (SSSR count). The van der Waals surface area contributed by atoms with Gasteiger partial charge < -0.3 is 20.9 Å². The molecule has 6 nitrogen and oxygen atoms in total. The molecular formula is C6H10N2O4. The second kappa shape index (κ2) is 2.98. The van der Waals surface area contributed by atoms with Crippen LogP contribution < -0.4 is 11.1 Å². The van der Waals surface area contributed by atoms with Gasteiger partial charge in [-0.2, -0.15) is 0 Å². The fraction of sp³-hybridized carbons (Fsp3) is 0.667. The van der Waals surface area contributed by atoms with E-state index in [2.05, 4.69) is 5.32 Å². The minimum Gasteiger partial charge on any atom is -0.481 e. The molecule has 1 saturated heterocycles. The van der Waals surface area contributed by atoms with E-state index in [4.69, 9.17) is 15.6 Å². The molecule has 0 aromatic rings. The zero-order valence-electron chi connectivity index (χ0n) is 6.37. The van der Waals surface area contributed by atoms with Crippen LogP contribution >= 0.6 is 0 Å². The van der Waals surface area contributed by atoms with Gasteiger partial charge in [0, 0.05) is 6.54 Å². The summed E-state index contributed by atoms with van der Waals surface area (Å²) in [4.78, 5) is 20.9. The average Bonchev–Trinajstić information content (AvgIpc) is 1.83. The van der Waals surface area contributed by atoms with E-state index >= 15 is 0 Å². The van der Waals surface area contributed by atoms with Crippen molar-refractivity contribution >= 4 is 12.0 Å². The molecule has 1 fully saturated rings. The van der Waals surface area contributed by atoms with Crippen molar-refractivity contribution in [2.45, 2.75) is 0 Å². The molecular weight excluding hydrogens is 164 g/mol. The van der Waals surface area contributed by atoms with Crippen LogP contribution in [0.4, 0.5) is 4.79 Å². The van der Waals surface area contributed by atoms with Crippen LogP contribution in [-0.2, 0) is 9.53 Å². The predicted molar refractivity (Wildman–Crippen MR) is 38.5 cm³/mol. The third-order valence-corrected chi connectivity index (χ3v) is 1.81. The number of ether oxygens (including phenoxy) is 1. The van der Waals surface area contributed by atoms with E-state index in [0.29, 0.717) is 0 Å². The Hall–Kier alpha value is -1.30. The Labute approximate surface area is 68.7 Å². The molecule has 12 heavy (non-hydrogen) atoms. The summed E-state index contributed by atoms with van der Waals surface area (Å²) in [6.45, 7) is 0.281. The van der Waals surface area contributed by atoms with Crippen LogP contribution in [0, 0.1) is 5.41 Å². The maximum Gasteiger partial charge on any atom is 0.316 e. The van der Waals surface area contributed by atoms with Gasteiger partial charge in [0.1, 0.15) is 5.41 Å². The van der Waals surface area contributed by atoms with Crippen LogP contribution in [0.2, 0.25) is 0 Å². The summed E-state index contributed by atoms with van der Waals surface area (Å²) >= 11 is 0. The molecule has 0 atom stereocenters. The molecule has 0 saturated carbocycles. The smallest absolute Gasteiger partial charge is 0.316 e. The molecule has 0 aromatic heterocycles. The highest BCUT2D eigenvalue weighted by Gasteiger charge is 2.46. The molecule has 6 heteroatoms. The Bertz CT molecular complexity index is 212. The first-order valence-corrected chi connectivity index (χ1v) is 3.41. The van der Waals surface area contributed by atoms with Gasteiger partial charge in [0.15, 0.2) is 0 Å². The lowest BCUT2D eigenvalue weighted by Gasteiger charge is -2.36. The van der Waals surface area contributed by atoms with Gasteiger partial charge in [-0.1, -0.05) is 0 Å². The first-order valence-electron chi connectivity index (χ1n) is 3.41. The van der Waals surface area contributed by atoms with Gasteiger partial charge >= 0.3 is 12.0 Å². The monoisotopic (exact) mass is 174 g/mol. The molecule has 0 bridgehead atoms. The standard InChI is InChI=1S/C6H10N2O4/c7-5(11)8-1-6(4(9)10)2-12-3-6/h1-3H2,(H,9,10)(H3,7,8,11). The van der Waals surface area contributed by atoms with Gasteiger partial charge in [-0.3, -0.25) is 4.79 Å². The van der Waals surface area contributed by atoms with Crippen LogP contribution in [0.15, 0.2) is 0 Å². The third-order valence-electron chi connectivity index (χ3n) is 1.81. The second-order valence-electron chi connectivity index (χ2n) is 2.80. The summed E-state index contributed by atoms with van der Waals surface area (Å²) in [5.41, 5.74) is 3.83. The van der Waals surface area contributed by atoms with Gasteiger partial charge in [-0.25, -0.2) is 4.79 Å². The van der Waals surface area contributed by atoms with Crippen LogP contribution in [0.3, 0.4) is 0 Å². The van der Waals surface area contributed by atoms with Crippen LogP contribution in [0.5, 0.6) is 0 Å². The van der Waals surface area contributed by atoms with Crippen LogP contribution in [-0.4, -0.2) is 36.9 Å². The minimum absolute atomic E-state index is 0.0255. The van der Waals surface area contributed by atoms with Crippen molar-refractivity contribution in [1.82, 2.24) is 5.32 Å². The minimum atomic E-state index is -0.970. The molecule has 1 aliphatic heterocycles. The fourth-order valence-electron chi connectivity index (χ4n) is 0.906. The summed E-state index contributed by atoms with van der Waals surface area (Å²) in [5, 5.41) is 11.0. The van der Waals surface area contributed by atoms with E-state index in [0.717, 1.165) is 0 Å². The Morgan fingerprint density at radius 1 is 1.58 bits per heavy atom. The number of aliphatic carboxylic acids is 1. The number of amides is 2. The predicted octanol–water partition coefficient (Wildman–Crippen LogP) is -1.24. The van der Waals surface area contributed by atoms with Crippen molar-refractivity contribution in [2.24, 2.45) is 11.1 Å². The molecule has 4 N–H and O–H groups in total. The summed E-state index contributed by atoms with van der Waals surface area (Å²) in [5.74, 6) is -0.970. The van der Waals surface area contributed by atoms with E-state index in [1.165, 1.54) is 0 Å². The molecule has 1 aliphatic rings. The lowest BCUT2D eigenvalue weighted by Crippen LogP contribution is -2.56. The number of rotatable bonds is 3. The number of primary amides is 1. The van der Waals surface area contributed by atoms with Gasteiger partial charge in [0.05, 0.1) is 13.2 Å². The van der Waals surface area contributed by atoms with Crippen molar-refractivity contribution in [2.75, 3.05) is 19.8 Å². The number of carboxylic acid groups (broad SMARTS) is 1. The first-order chi connectivity index (χ1) is 5.57. The van der Waals surface area contributed by atoms with Gasteiger partial charge in [0.25, 0.3) is 0 Å². The number of nitrogens with two attached hydrogens (primary N) is 1. The van der Waals surface area contributed by atoms with Crippen LogP contribution in [0.1, 0.15) is 0 Å². The van der Waals surface area contributed by atoms with Crippen molar-refractivity contribution in [1.29, 1.82) is 0 Å². The number of carbonyl (C=O) groups excluding carboxylic acids is 1. The van der Waals surface area contributed by atoms with Crippen LogP contribution in [0.25, 0.3) is 0 Å².